The summed E-state index contributed by atoms with van der Waals surface area (Å²) >= 11 is 3.05. The van der Waals surface area contributed by atoms with Gasteiger partial charge in [-0.2, -0.15) is 0 Å². The van der Waals surface area contributed by atoms with E-state index in [2.05, 4.69) is 4.98 Å². The normalized spacial score (nSPS) is 22.1. The molecule has 0 bridgehead atoms. The van der Waals surface area contributed by atoms with Gasteiger partial charge in [0.2, 0.25) is 5.91 Å². The van der Waals surface area contributed by atoms with E-state index in [4.69, 9.17) is 0 Å². The summed E-state index contributed by atoms with van der Waals surface area (Å²) in [4.78, 5) is 31.1. The third kappa shape index (κ3) is 3.06. The number of hydrogen-bond donors (Lipinski definition) is 0. The standard InChI is InChI=1S/C14H18N2O2S2/c1-9(17)19-10-6-14(18)16(7-10)8-13-15-11-4-2-3-5-12(11)20-13/h10H,2-8H2,1H3. The van der Waals surface area contributed by atoms with Crippen LogP contribution in [0, 0.1) is 0 Å². The van der Waals surface area contributed by atoms with E-state index < -0.39 is 0 Å². The predicted octanol–water partition coefficient (Wildman–Crippen LogP) is 2.40. The number of carbonyl (C=O) groups is 2. The van der Waals surface area contributed by atoms with Crippen LogP contribution >= 0.6 is 23.1 Å². The lowest BCUT2D eigenvalue weighted by atomic mass is 10.0. The first kappa shape index (κ1) is 14.1. The van der Waals surface area contributed by atoms with Crippen molar-refractivity contribution >= 4 is 34.1 Å². The van der Waals surface area contributed by atoms with Crippen LogP contribution in [0.2, 0.25) is 0 Å². The molecule has 4 nitrogen and oxygen atoms in total. The van der Waals surface area contributed by atoms with Crippen molar-refractivity contribution in [2.24, 2.45) is 0 Å². The van der Waals surface area contributed by atoms with Crippen molar-refractivity contribution in [2.75, 3.05) is 6.54 Å². The fourth-order valence-corrected chi connectivity index (χ4v) is 4.96. The van der Waals surface area contributed by atoms with Gasteiger partial charge < -0.3 is 4.90 Å². The molecule has 108 valence electrons. The molecule has 0 N–H and O–H groups in total. The van der Waals surface area contributed by atoms with Gasteiger partial charge in [-0.3, -0.25) is 9.59 Å². The molecule has 0 saturated carbocycles. The first-order valence-electron chi connectivity index (χ1n) is 7.04. The molecular formula is C14H18N2O2S2. The lowest BCUT2D eigenvalue weighted by Gasteiger charge is -2.14. The van der Waals surface area contributed by atoms with Crippen LogP contribution in [-0.2, 0) is 29.0 Å². The fraction of sp³-hybridized carbons (Fsp3) is 0.643. The molecule has 1 atom stereocenters. The van der Waals surface area contributed by atoms with Gasteiger partial charge in [0.1, 0.15) is 5.01 Å². The highest BCUT2D eigenvalue weighted by molar-refractivity contribution is 8.14. The zero-order chi connectivity index (χ0) is 14.1. The number of amides is 1. The van der Waals surface area contributed by atoms with Gasteiger partial charge in [0, 0.05) is 30.0 Å². The van der Waals surface area contributed by atoms with Crippen molar-refractivity contribution in [1.29, 1.82) is 0 Å². The summed E-state index contributed by atoms with van der Waals surface area (Å²) in [6.07, 6.45) is 5.20. The van der Waals surface area contributed by atoms with Gasteiger partial charge in [0.25, 0.3) is 0 Å². The van der Waals surface area contributed by atoms with Crippen LogP contribution in [0.15, 0.2) is 0 Å². The van der Waals surface area contributed by atoms with Crippen LogP contribution < -0.4 is 0 Å². The van der Waals surface area contributed by atoms with Crippen molar-refractivity contribution in [2.45, 2.75) is 50.8 Å². The van der Waals surface area contributed by atoms with E-state index in [1.807, 2.05) is 4.90 Å². The Morgan fingerprint density at radius 1 is 1.45 bits per heavy atom. The van der Waals surface area contributed by atoms with Crippen LogP contribution in [-0.4, -0.2) is 32.7 Å². The SMILES string of the molecule is CC(=O)SC1CC(=O)N(Cc2nc3c(s2)CCCC3)C1. The van der Waals surface area contributed by atoms with Crippen molar-refractivity contribution in [3.8, 4) is 0 Å². The molecular weight excluding hydrogens is 292 g/mol. The average Bonchev–Trinajstić information content (AvgIpc) is 2.92. The van der Waals surface area contributed by atoms with Gasteiger partial charge in [0.05, 0.1) is 12.2 Å². The van der Waals surface area contributed by atoms with E-state index >= 15 is 0 Å². The quantitative estimate of drug-likeness (QED) is 0.860. The maximum Gasteiger partial charge on any atom is 0.224 e. The number of fused-ring (bicyclic) bond motifs is 1. The number of aromatic nitrogens is 1. The molecule has 1 unspecified atom stereocenters. The highest BCUT2D eigenvalue weighted by atomic mass is 32.2. The number of rotatable bonds is 3. The lowest BCUT2D eigenvalue weighted by molar-refractivity contribution is -0.128. The largest absolute Gasteiger partial charge is 0.335 e. The van der Waals surface area contributed by atoms with Gasteiger partial charge in [-0.1, -0.05) is 11.8 Å². The maximum atomic E-state index is 12.0. The lowest BCUT2D eigenvalue weighted by Crippen LogP contribution is -2.24. The molecule has 1 fully saturated rings. The number of thiazole rings is 1. The zero-order valence-corrected chi connectivity index (χ0v) is 13.2. The minimum absolute atomic E-state index is 0.0920. The van der Waals surface area contributed by atoms with E-state index in [9.17, 15) is 9.59 Å². The van der Waals surface area contributed by atoms with Gasteiger partial charge in [-0.15, -0.1) is 11.3 Å². The van der Waals surface area contributed by atoms with E-state index in [-0.39, 0.29) is 16.3 Å². The molecule has 1 saturated heterocycles. The second kappa shape index (κ2) is 5.85. The number of thioether (sulfide) groups is 1. The molecule has 0 spiro atoms. The number of nitrogens with zero attached hydrogens (tertiary/aromatic N) is 2. The maximum absolute atomic E-state index is 12.0. The second-order valence-corrected chi connectivity index (χ2v) is 8.04. The molecule has 1 aromatic rings. The Morgan fingerprint density at radius 3 is 3.00 bits per heavy atom. The topological polar surface area (TPSA) is 50.3 Å². The Labute approximate surface area is 127 Å². The number of aryl methyl sites for hydroxylation is 2. The first-order valence-corrected chi connectivity index (χ1v) is 8.74. The Balaban J connectivity index is 1.64. The Hall–Kier alpha value is -0.880. The number of carbonyl (C=O) groups excluding carboxylic acids is 2. The van der Waals surface area contributed by atoms with Crippen LogP contribution in [0.25, 0.3) is 0 Å². The van der Waals surface area contributed by atoms with Crippen molar-refractivity contribution in [3.05, 3.63) is 15.6 Å². The van der Waals surface area contributed by atoms with Crippen molar-refractivity contribution in [3.63, 3.8) is 0 Å². The third-order valence-corrected chi connectivity index (χ3v) is 5.85. The molecule has 1 aliphatic heterocycles. The molecule has 0 aromatic carbocycles. The molecule has 0 radical (unpaired) electrons. The van der Waals surface area contributed by atoms with Gasteiger partial charge in [-0.25, -0.2) is 4.98 Å². The molecule has 1 amide bonds. The highest BCUT2D eigenvalue weighted by Crippen LogP contribution is 2.30. The van der Waals surface area contributed by atoms with E-state index in [1.165, 1.54) is 35.2 Å². The van der Waals surface area contributed by atoms with E-state index in [1.54, 1.807) is 18.3 Å². The zero-order valence-electron chi connectivity index (χ0n) is 11.6. The third-order valence-electron chi connectivity index (χ3n) is 3.73. The minimum atomic E-state index is 0.0920. The van der Waals surface area contributed by atoms with E-state index in [0.29, 0.717) is 19.5 Å². The predicted molar refractivity (Wildman–Crippen MR) is 80.9 cm³/mol. The fourth-order valence-electron chi connectivity index (χ4n) is 2.84. The summed E-state index contributed by atoms with van der Waals surface area (Å²) in [5, 5.41) is 1.27. The first-order chi connectivity index (χ1) is 9.61. The van der Waals surface area contributed by atoms with Crippen LogP contribution in [0.4, 0.5) is 0 Å². The molecule has 20 heavy (non-hydrogen) atoms. The monoisotopic (exact) mass is 310 g/mol. The average molecular weight is 310 g/mol. The minimum Gasteiger partial charge on any atom is -0.335 e. The molecule has 6 heteroatoms. The summed E-state index contributed by atoms with van der Waals surface area (Å²) in [6.45, 7) is 2.85. The number of likely N-dealkylation sites (tertiary alicyclic amines) is 1. The van der Waals surface area contributed by atoms with Gasteiger partial charge in [-0.05, 0) is 25.7 Å². The Morgan fingerprint density at radius 2 is 2.25 bits per heavy atom. The van der Waals surface area contributed by atoms with Crippen LogP contribution in [0.1, 0.15) is 41.8 Å². The second-order valence-electron chi connectivity index (χ2n) is 5.39. The Bertz CT molecular complexity index is 518. The molecule has 1 aliphatic carbocycles. The van der Waals surface area contributed by atoms with Gasteiger partial charge >= 0.3 is 0 Å². The van der Waals surface area contributed by atoms with Crippen LogP contribution in [0.3, 0.4) is 0 Å². The summed E-state index contributed by atoms with van der Waals surface area (Å²) in [7, 11) is 0. The Kier molecular flexibility index (Phi) is 4.12. The molecule has 1 aromatic heterocycles. The van der Waals surface area contributed by atoms with Crippen LogP contribution in [0.5, 0.6) is 0 Å². The summed E-state index contributed by atoms with van der Waals surface area (Å²) in [6, 6.07) is 0. The van der Waals surface area contributed by atoms with Crippen molar-refractivity contribution < 1.29 is 9.59 Å². The summed E-state index contributed by atoms with van der Waals surface area (Å²) < 4.78 is 0. The molecule has 2 aliphatic rings. The van der Waals surface area contributed by atoms with E-state index in [0.717, 1.165) is 17.8 Å². The molecule has 3 rings (SSSR count). The number of hydrogen-bond acceptors (Lipinski definition) is 5. The summed E-state index contributed by atoms with van der Waals surface area (Å²) in [5.41, 5.74) is 1.25. The summed E-state index contributed by atoms with van der Waals surface area (Å²) in [5.74, 6) is 0.150. The smallest absolute Gasteiger partial charge is 0.224 e. The van der Waals surface area contributed by atoms with Crippen molar-refractivity contribution in [1.82, 2.24) is 9.88 Å². The molecule has 2 heterocycles. The highest BCUT2D eigenvalue weighted by Gasteiger charge is 2.31. The van der Waals surface area contributed by atoms with Gasteiger partial charge in [0.15, 0.2) is 5.12 Å².